The number of halogens is 1. The van der Waals surface area contributed by atoms with Crippen LogP contribution < -0.4 is 0 Å². The van der Waals surface area contributed by atoms with Crippen molar-refractivity contribution >= 4 is 16.9 Å². The zero-order valence-corrected chi connectivity index (χ0v) is 19.8. The fraction of sp³-hybridized carbons (Fsp3) is 0.308. The SMILES string of the molecule is C=C1C[C@@H](c2nc3cc(C(C)(C)C)ccc3[nH]2)N(C(=O)c2c(-n3nccn3)ccc(C)c2F)C1. The summed E-state index contributed by atoms with van der Waals surface area (Å²) in [5.41, 5.74) is 4.44. The molecule has 7 nitrogen and oxygen atoms in total. The van der Waals surface area contributed by atoms with Crippen molar-refractivity contribution in [3.63, 3.8) is 0 Å². The molecule has 3 heterocycles. The molecule has 0 aliphatic carbocycles. The Hall–Kier alpha value is -3.81. The molecule has 1 saturated heterocycles. The van der Waals surface area contributed by atoms with E-state index in [9.17, 15) is 4.79 Å². The van der Waals surface area contributed by atoms with Crippen LogP contribution in [-0.4, -0.2) is 42.3 Å². The maximum Gasteiger partial charge on any atom is 0.260 e. The third kappa shape index (κ3) is 3.69. The van der Waals surface area contributed by atoms with Gasteiger partial charge < -0.3 is 9.88 Å². The van der Waals surface area contributed by atoms with Crippen LogP contribution in [0.3, 0.4) is 0 Å². The standard InChI is InChI=1S/C26H27FN6O/c1-15-12-21(24-30-18-8-7-17(26(3,4)5)13-19(18)31-24)32(14-15)25(34)22-20(33-28-10-11-29-33)9-6-16(2)23(22)27/h6-11,13,21H,1,12,14H2,2-5H3,(H,30,31)/t21-/m0/s1. The number of aromatic nitrogens is 5. The summed E-state index contributed by atoms with van der Waals surface area (Å²) in [7, 11) is 0. The maximum atomic E-state index is 15.3. The van der Waals surface area contributed by atoms with Crippen molar-refractivity contribution in [2.45, 2.75) is 45.6 Å². The van der Waals surface area contributed by atoms with E-state index in [1.54, 1.807) is 24.0 Å². The Kier molecular flexibility index (Phi) is 5.11. The summed E-state index contributed by atoms with van der Waals surface area (Å²) in [6.07, 6.45) is 3.54. The first-order valence-corrected chi connectivity index (χ1v) is 11.3. The van der Waals surface area contributed by atoms with Gasteiger partial charge in [0.1, 0.15) is 22.9 Å². The van der Waals surface area contributed by atoms with Crippen LogP contribution >= 0.6 is 0 Å². The molecule has 0 saturated carbocycles. The van der Waals surface area contributed by atoms with Crippen LogP contribution in [0.5, 0.6) is 0 Å². The molecule has 5 rings (SSSR count). The molecule has 174 valence electrons. The van der Waals surface area contributed by atoms with Gasteiger partial charge in [-0.05, 0) is 48.1 Å². The van der Waals surface area contributed by atoms with Gasteiger partial charge in [0.15, 0.2) is 0 Å². The van der Waals surface area contributed by atoms with E-state index in [4.69, 9.17) is 4.98 Å². The monoisotopic (exact) mass is 458 g/mol. The lowest BCUT2D eigenvalue weighted by Gasteiger charge is -2.24. The number of fused-ring (bicyclic) bond motifs is 1. The average Bonchev–Trinajstić information content (AvgIpc) is 3.53. The van der Waals surface area contributed by atoms with Gasteiger partial charge >= 0.3 is 0 Å². The highest BCUT2D eigenvalue weighted by Gasteiger charge is 2.37. The smallest absolute Gasteiger partial charge is 0.260 e. The Labute approximate surface area is 197 Å². The van der Waals surface area contributed by atoms with E-state index < -0.39 is 11.7 Å². The highest BCUT2D eigenvalue weighted by molar-refractivity contribution is 5.99. The number of nitrogens with zero attached hydrogens (tertiary/aromatic N) is 5. The Morgan fingerprint density at radius 1 is 1.18 bits per heavy atom. The molecule has 4 aromatic rings. The quantitative estimate of drug-likeness (QED) is 0.437. The van der Waals surface area contributed by atoms with Gasteiger partial charge in [0.2, 0.25) is 0 Å². The molecule has 0 spiro atoms. The van der Waals surface area contributed by atoms with Crippen LogP contribution in [0.1, 0.15) is 60.5 Å². The number of benzene rings is 2. The minimum Gasteiger partial charge on any atom is -0.340 e. The van der Waals surface area contributed by atoms with Crippen LogP contribution in [-0.2, 0) is 5.41 Å². The summed E-state index contributed by atoms with van der Waals surface area (Å²) < 4.78 is 15.3. The largest absolute Gasteiger partial charge is 0.340 e. The summed E-state index contributed by atoms with van der Waals surface area (Å²) in [5, 5.41) is 8.22. The number of carbonyl (C=O) groups is 1. The van der Waals surface area contributed by atoms with Gasteiger partial charge in [0.25, 0.3) is 5.91 Å². The van der Waals surface area contributed by atoms with Crippen LogP contribution in [0.2, 0.25) is 0 Å². The van der Waals surface area contributed by atoms with Gasteiger partial charge in [-0.2, -0.15) is 15.0 Å². The van der Waals surface area contributed by atoms with Gasteiger partial charge in [-0.1, -0.05) is 45.1 Å². The third-order valence-corrected chi connectivity index (χ3v) is 6.36. The first-order valence-electron chi connectivity index (χ1n) is 11.3. The lowest BCUT2D eigenvalue weighted by atomic mass is 9.87. The van der Waals surface area contributed by atoms with Gasteiger partial charge in [-0.3, -0.25) is 4.79 Å². The summed E-state index contributed by atoms with van der Waals surface area (Å²) in [6.45, 7) is 12.5. The molecule has 1 fully saturated rings. The summed E-state index contributed by atoms with van der Waals surface area (Å²) >= 11 is 0. The normalized spacial score (nSPS) is 16.6. The molecule has 34 heavy (non-hydrogen) atoms. The van der Waals surface area contributed by atoms with E-state index in [1.807, 2.05) is 6.07 Å². The third-order valence-electron chi connectivity index (χ3n) is 6.36. The van der Waals surface area contributed by atoms with Crippen molar-refractivity contribution in [1.82, 2.24) is 29.9 Å². The first kappa shape index (κ1) is 22.0. The van der Waals surface area contributed by atoms with Crippen LogP contribution in [0.4, 0.5) is 4.39 Å². The number of amides is 1. The van der Waals surface area contributed by atoms with Crippen molar-refractivity contribution < 1.29 is 9.18 Å². The highest BCUT2D eigenvalue weighted by Crippen LogP contribution is 2.37. The Balaban J connectivity index is 1.57. The minimum absolute atomic E-state index is 0.00339. The molecule has 1 N–H and O–H groups in total. The zero-order chi connectivity index (χ0) is 24.2. The maximum absolute atomic E-state index is 15.3. The Morgan fingerprint density at radius 3 is 2.62 bits per heavy atom. The molecule has 2 aromatic heterocycles. The zero-order valence-electron chi connectivity index (χ0n) is 19.8. The van der Waals surface area contributed by atoms with E-state index in [0.29, 0.717) is 30.0 Å². The fourth-order valence-electron chi connectivity index (χ4n) is 4.43. The number of carbonyl (C=O) groups excluding carboxylic acids is 1. The molecule has 1 amide bonds. The van der Waals surface area contributed by atoms with Gasteiger partial charge in [-0.15, -0.1) is 0 Å². The second-order valence-corrected chi connectivity index (χ2v) is 9.92. The first-order chi connectivity index (χ1) is 16.1. The molecule has 0 unspecified atom stereocenters. The van der Waals surface area contributed by atoms with Gasteiger partial charge in [0.05, 0.1) is 29.5 Å². The van der Waals surface area contributed by atoms with E-state index in [2.05, 4.69) is 54.7 Å². The summed E-state index contributed by atoms with van der Waals surface area (Å²) in [6, 6.07) is 9.10. The van der Waals surface area contributed by atoms with E-state index >= 15 is 4.39 Å². The number of H-pyrrole nitrogens is 1. The molecular weight excluding hydrogens is 431 g/mol. The Bertz CT molecular complexity index is 1410. The van der Waals surface area contributed by atoms with E-state index in [1.165, 1.54) is 22.8 Å². The topological polar surface area (TPSA) is 79.7 Å². The summed E-state index contributed by atoms with van der Waals surface area (Å²) in [4.78, 5) is 24.9. The van der Waals surface area contributed by atoms with E-state index in [0.717, 1.165) is 16.6 Å². The van der Waals surface area contributed by atoms with Crippen molar-refractivity contribution in [2.24, 2.45) is 0 Å². The van der Waals surface area contributed by atoms with Gasteiger partial charge in [-0.25, -0.2) is 9.37 Å². The number of hydrogen-bond acceptors (Lipinski definition) is 4. The fourth-order valence-corrected chi connectivity index (χ4v) is 4.43. The predicted octanol–water partition coefficient (Wildman–Crippen LogP) is 5.03. The molecule has 0 radical (unpaired) electrons. The average molecular weight is 459 g/mol. The molecule has 2 aromatic carbocycles. The van der Waals surface area contributed by atoms with E-state index in [-0.39, 0.29) is 17.0 Å². The van der Waals surface area contributed by atoms with Crippen LogP contribution in [0.25, 0.3) is 16.7 Å². The second-order valence-electron chi connectivity index (χ2n) is 9.92. The minimum atomic E-state index is -0.574. The number of likely N-dealkylation sites (tertiary alicyclic amines) is 1. The van der Waals surface area contributed by atoms with Crippen molar-refractivity contribution in [1.29, 1.82) is 0 Å². The molecule has 8 heteroatoms. The second kappa shape index (κ2) is 7.90. The number of hydrogen-bond donors (Lipinski definition) is 1. The van der Waals surface area contributed by atoms with Crippen molar-refractivity contribution in [3.8, 4) is 5.69 Å². The molecule has 0 bridgehead atoms. The van der Waals surface area contributed by atoms with Crippen LogP contribution in [0.15, 0.2) is 54.9 Å². The molecular formula is C26H27FN6O. The predicted molar refractivity (Wildman–Crippen MR) is 128 cm³/mol. The molecule has 1 atom stereocenters. The lowest BCUT2D eigenvalue weighted by Crippen LogP contribution is -2.33. The van der Waals surface area contributed by atoms with Gasteiger partial charge in [0, 0.05) is 6.54 Å². The number of rotatable bonds is 3. The number of imidazole rings is 1. The summed E-state index contributed by atoms with van der Waals surface area (Å²) in [5.74, 6) is -0.344. The van der Waals surface area contributed by atoms with Crippen molar-refractivity contribution in [3.05, 3.63) is 83.2 Å². The lowest BCUT2D eigenvalue weighted by molar-refractivity contribution is 0.0727. The molecule has 1 aliphatic rings. The number of aromatic amines is 1. The van der Waals surface area contributed by atoms with Crippen molar-refractivity contribution in [2.75, 3.05) is 6.54 Å². The highest BCUT2D eigenvalue weighted by atomic mass is 19.1. The Morgan fingerprint density at radius 2 is 1.91 bits per heavy atom. The van der Waals surface area contributed by atoms with Crippen LogP contribution in [0, 0.1) is 12.7 Å². The molecule has 1 aliphatic heterocycles. The number of nitrogens with one attached hydrogen (secondary N) is 1. The number of aryl methyl sites for hydroxylation is 1.